The molecule has 0 spiro atoms. The van der Waals surface area contributed by atoms with Crippen molar-refractivity contribution in [2.24, 2.45) is 5.73 Å². The van der Waals surface area contributed by atoms with E-state index in [1.807, 2.05) is 6.92 Å². The van der Waals surface area contributed by atoms with Crippen LogP contribution < -0.4 is 16.4 Å². The van der Waals surface area contributed by atoms with Crippen LogP contribution in [0.3, 0.4) is 0 Å². The fourth-order valence-corrected chi connectivity index (χ4v) is 1.89. The first-order valence-electron chi connectivity index (χ1n) is 6.69. The molecule has 0 saturated heterocycles. The van der Waals surface area contributed by atoms with Gasteiger partial charge in [-0.3, -0.25) is 4.79 Å². The number of carbonyl (C=O) groups is 2. The number of anilines is 1. The average Bonchev–Trinajstić information content (AvgIpc) is 2.42. The Labute approximate surface area is 128 Å². The smallest absolute Gasteiger partial charge is 0.404 e. The molecule has 7 heteroatoms. The van der Waals surface area contributed by atoms with Gasteiger partial charge in [-0.25, -0.2) is 4.79 Å². The Morgan fingerprint density at radius 2 is 2.10 bits per heavy atom. The van der Waals surface area contributed by atoms with Gasteiger partial charge in [0.05, 0.1) is 6.04 Å². The second kappa shape index (κ2) is 8.49. The number of hydrogen-bond acceptors (Lipinski definition) is 3. The normalized spacial score (nSPS) is 11.8. The molecule has 6 nitrogen and oxygen atoms in total. The lowest BCUT2D eigenvalue weighted by Gasteiger charge is -2.13. The first-order chi connectivity index (χ1) is 9.90. The van der Waals surface area contributed by atoms with Crippen LogP contribution in [0, 0.1) is 6.92 Å². The van der Waals surface area contributed by atoms with Crippen LogP contribution >= 0.6 is 11.6 Å². The maximum atomic E-state index is 11.9. The molecule has 21 heavy (non-hydrogen) atoms. The molecule has 0 aliphatic rings. The molecule has 0 fully saturated rings. The first-order valence-corrected chi connectivity index (χ1v) is 7.07. The largest absolute Gasteiger partial charge is 0.465 e. The maximum absolute atomic E-state index is 11.9. The van der Waals surface area contributed by atoms with Crippen LogP contribution in [0.15, 0.2) is 18.2 Å². The molecular weight excluding hydrogens is 294 g/mol. The Morgan fingerprint density at radius 3 is 2.71 bits per heavy atom. The van der Waals surface area contributed by atoms with Gasteiger partial charge in [-0.1, -0.05) is 11.6 Å². The molecule has 2 amide bonds. The van der Waals surface area contributed by atoms with Crippen LogP contribution in [-0.4, -0.2) is 29.7 Å². The zero-order valence-corrected chi connectivity index (χ0v) is 12.6. The van der Waals surface area contributed by atoms with Crippen LogP contribution in [-0.2, 0) is 4.79 Å². The van der Waals surface area contributed by atoms with Gasteiger partial charge >= 0.3 is 6.09 Å². The number of carbonyl (C=O) groups excluding carboxylic acids is 1. The third-order valence-corrected chi connectivity index (χ3v) is 3.40. The number of unbranched alkanes of at least 4 members (excludes halogenated alkanes) is 1. The molecule has 0 heterocycles. The highest BCUT2D eigenvalue weighted by Gasteiger charge is 2.13. The van der Waals surface area contributed by atoms with Gasteiger partial charge in [-0.05, 0) is 49.9 Å². The van der Waals surface area contributed by atoms with Gasteiger partial charge in [0.15, 0.2) is 0 Å². The molecule has 1 rings (SSSR count). The Morgan fingerprint density at radius 1 is 1.38 bits per heavy atom. The molecule has 5 N–H and O–H groups in total. The zero-order valence-electron chi connectivity index (χ0n) is 11.9. The minimum atomic E-state index is -1.05. The molecule has 0 bridgehead atoms. The van der Waals surface area contributed by atoms with Crippen LogP contribution in [0.1, 0.15) is 24.8 Å². The van der Waals surface area contributed by atoms with Gasteiger partial charge in [0.2, 0.25) is 5.91 Å². The topological polar surface area (TPSA) is 104 Å². The number of nitrogens with one attached hydrogen (secondary N) is 2. The molecule has 0 aliphatic carbocycles. The van der Waals surface area contributed by atoms with Gasteiger partial charge < -0.3 is 21.5 Å². The molecule has 116 valence electrons. The van der Waals surface area contributed by atoms with E-state index in [1.165, 1.54) is 0 Å². The lowest BCUT2D eigenvalue weighted by Crippen LogP contribution is -2.35. The zero-order chi connectivity index (χ0) is 15.8. The van der Waals surface area contributed by atoms with Crippen LogP contribution in [0.4, 0.5) is 10.5 Å². The Balaban J connectivity index is 2.33. The van der Waals surface area contributed by atoms with Gasteiger partial charge in [0.1, 0.15) is 0 Å². The quantitative estimate of drug-likeness (QED) is 0.580. The van der Waals surface area contributed by atoms with E-state index in [1.54, 1.807) is 18.2 Å². The van der Waals surface area contributed by atoms with Crippen molar-refractivity contribution in [1.82, 2.24) is 5.32 Å². The number of benzene rings is 1. The van der Waals surface area contributed by atoms with Crippen molar-refractivity contribution in [3.8, 4) is 0 Å². The van der Waals surface area contributed by atoms with E-state index in [-0.39, 0.29) is 5.91 Å². The molecule has 0 aliphatic heterocycles. The number of rotatable bonds is 7. The summed E-state index contributed by atoms with van der Waals surface area (Å²) in [4.78, 5) is 22.2. The summed E-state index contributed by atoms with van der Waals surface area (Å²) in [5.74, 6) is -0.261. The highest BCUT2D eigenvalue weighted by molar-refractivity contribution is 6.31. The first kappa shape index (κ1) is 17.3. The summed E-state index contributed by atoms with van der Waals surface area (Å²) >= 11 is 5.92. The summed E-state index contributed by atoms with van der Waals surface area (Å²) in [5, 5.41) is 14.0. The van der Waals surface area contributed by atoms with Crippen LogP contribution in [0.2, 0.25) is 5.02 Å². The Hall–Kier alpha value is -1.79. The molecule has 0 radical (unpaired) electrons. The van der Waals surface area contributed by atoms with Crippen LogP contribution in [0.5, 0.6) is 0 Å². The summed E-state index contributed by atoms with van der Waals surface area (Å²) < 4.78 is 0. The standard InChI is InChI=1S/C14H20ClN3O3/c1-9-8-10(5-6-11(9)15)18-13(19)12(16)4-2-3-7-17-14(20)21/h5-6,8,12,17H,2-4,7,16H2,1H3,(H,18,19)(H,20,21)/t12-/m0/s1. The maximum Gasteiger partial charge on any atom is 0.404 e. The van der Waals surface area contributed by atoms with E-state index in [9.17, 15) is 9.59 Å². The highest BCUT2D eigenvalue weighted by Crippen LogP contribution is 2.19. The van der Waals surface area contributed by atoms with E-state index in [0.717, 1.165) is 5.56 Å². The molecule has 0 aromatic heterocycles. The Bertz CT molecular complexity index is 508. The molecule has 0 unspecified atom stereocenters. The molecule has 1 aromatic carbocycles. The summed E-state index contributed by atoms with van der Waals surface area (Å²) in [6.07, 6.45) is 0.775. The lowest BCUT2D eigenvalue weighted by molar-refractivity contribution is -0.117. The second-order valence-electron chi connectivity index (χ2n) is 4.79. The van der Waals surface area contributed by atoms with Crippen molar-refractivity contribution in [2.45, 2.75) is 32.2 Å². The molecule has 1 aromatic rings. The SMILES string of the molecule is Cc1cc(NC(=O)[C@@H](N)CCCCNC(=O)O)ccc1Cl. The van der Waals surface area contributed by atoms with Crippen molar-refractivity contribution in [3.05, 3.63) is 28.8 Å². The van der Waals surface area contributed by atoms with Crippen molar-refractivity contribution in [1.29, 1.82) is 0 Å². The fraction of sp³-hybridized carbons (Fsp3) is 0.429. The van der Waals surface area contributed by atoms with E-state index >= 15 is 0 Å². The van der Waals surface area contributed by atoms with Gasteiger partial charge in [-0.15, -0.1) is 0 Å². The van der Waals surface area contributed by atoms with E-state index < -0.39 is 12.1 Å². The van der Waals surface area contributed by atoms with Gasteiger partial charge in [0, 0.05) is 17.3 Å². The third-order valence-electron chi connectivity index (χ3n) is 2.98. The van der Waals surface area contributed by atoms with Crippen molar-refractivity contribution >= 4 is 29.3 Å². The second-order valence-corrected chi connectivity index (χ2v) is 5.19. The minimum absolute atomic E-state index is 0.261. The third kappa shape index (κ3) is 6.46. The molecule has 1 atom stereocenters. The van der Waals surface area contributed by atoms with Crippen molar-refractivity contribution in [3.63, 3.8) is 0 Å². The number of nitrogens with two attached hydrogens (primary N) is 1. The Kier molecular flexibility index (Phi) is 6.98. The highest BCUT2D eigenvalue weighted by atomic mass is 35.5. The number of aryl methyl sites for hydroxylation is 1. The monoisotopic (exact) mass is 313 g/mol. The van der Waals surface area contributed by atoms with Crippen LogP contribution in [0.25, 0.3) is 0 Å². The van der Waals surface area contributed by atoms with Crippen molar-refractivity contribution in [2.75, 3.05) is 11.9 Å². The van der Waals surface area contributed by atoms with Gasteiger partial charge in [-0.2, -0.15) is 0 Å². The average molecular weight is 314 g/mol. The van der Waals surface area contributed by atoms with E-state index in [0.29, 0.717) is 36.5 Å². The fourth-order valence-electron chi connectivity index (χ4n) is 1.77. The van der Waals surface area contributed by atoms with Crippen molar-refractivity contribution < 1.29 is 14.7 Å². The number of halogens is 1. The number of carboxylic acid groups (broad SMARTS) is 1. The lowest BCUT2D eigenvalue weighted by atomic mass is 10.1. The number of hydrogen-bond donors (Lipinski definition) is 4. The molecular formula is C14H20ClN3O3. The summed E-state index contributed by atoms with van der Waals surface area (Å²) in [6, 6.07) is 4.60. The summed E-state index contributed by atoms with van der Waals surface area (Å²) in [6.45, 7) is 2.22. The number of amides is 2. The van der Waals surface area contributed by atoms with E-state index in [4.69, 9.17) is 22.4 Å². The van der Waals surface area contributed by atoms with Gasteiger partial charge in [0.25, 0.3) is 0 Å². The molecule has 0 saturated carbocycles. The van der Waals surface area contributed by atoms with E-state index in [2.05, 4.69) is 10.6 Å². The minimum Gasteiger partial charge on any atom is -0.465 e. The summed E-state index contributed by atoms with van der Waals surface area (Å²) in [5.41, 5.74) is 7.34. The summed E-state index contributed by atoms with van der Waals surface area (Å²) in [7, 11) is 0. The predicted molar refractivity (Wildman–Crippen MR) is 82.7 cm³/mol. The predicted octanol–water partition coefficient (Wildman–Crippen LogP) is 2.35.